The lowest BCUT2D eigenvalue weighted by atomic mass is 10.1. The second-order valence-electron chi connectivity index (χ2n) is 4.19. The van der Waals surface area contributed by atoms with Gasteiger partial charge in [0.25, 0.3) is 0 Å². The molecule has 0 aliphatic carbocycles. The summed E-state index contributed by atoms with van der Waals surface area (Å²) in [4.78, 5) is 11.3. The van der Waals surface area contributed by atoms with E-state index in [1.165, 1.54) is 0 Å². The second kappa shape index (κ2) is 7.35. The summed E-state index contributed by atoms with van der Waals surface area (Å²) in [7, 11) is -3.05. The van der Waals surface area contributed by atoms with Crippen molar-refractivity contribution in [3.63, 3.8) is 0 Å². The van der Waals surface area contributed by atoms with Crippen molar-refractivity contribution in [1.82, 2.24) is 10.6 Å². The lowest BCUT2D eigenvalue weighted by Crippen LogP contribution is -2.38. The van der Waals surface area contributed by atoms with Crippen LogP contribution in [0.4, 0.5) is 4.79 Å². The van der Waals surface area contributed by atoms with Crippen molar-refractivity contribution in [3.8, 4) is 0 Å². The molecule has 1 aromatic carbocycles. The van der Waals surface area contributed by atoms with Crippen molar-refractivity contribution in [1.29, 1.82) is 0 Å². The van der Waals surface area contributed by atoms with Crippen LogP contribution in [-0.2, 0) is 16.3 Å². The van der Waals surface area contributed by atoms with Crippen molar-refractivity contribution in [2.24, 2.45) is 0 Å². The summed E-state index contributed by atoms with van der Waals surface area (Å²) in [6.45, 7) is 0.576. The average Bonchev–Trinajstić information content (AvgIpc) is 2.27. The van der Waals surface area contributed by atoms with Gasteiger partial charge in [0.15, 0.2) is 0 Å². The van der Waals surface area contributed by atoms with Gasteiger partial charge in [-0.15, -0.1) is 0 Å². The molecule has 0 bridgehead atoms. The minimum Gasteiger partial charge on any atom is -0.338 e. The zero-order valence-corrected chi connectivity index (χ0v) is 12.2. The van der Waals surface area contributed by atoms with E-state index in [0.29, 0.717) is 18.0 Å². The minimum absolute atomic E-state index is 0.0608. The third-order valence-corrected chi connectivity index (χ3v) is 3.53. The Morgan fingerprint density at radius 1 is 1.26 bits per heavy atom. The van der Waals surface area contributed by atoms with Crippen LogP contribution in [0.25, 0.3) is 0 Å². The molecule has 0 radical (unpaired) electrons. The van der Waals surface area contributed by atoms with Gasteiger partial charge in [-0.25, -0.2) is 13.2 Å². The minimum atomic E-state index is -3.05. The Morgan fingerprint density at radius 3 is 2.58 bits per heavy atom. The monoisotopic (exact) mass is 304 g/mol. The van der Waals surface area contributed by atoms with Gasteiger partial charge in [-0.05, 0) is 24.1 Å². The van der Waals surface area contributed by atoms with Crippen molar-refractivity contribution in [2.75, 3.05) is 25.1 Å². The number of hydrogen-bond donors (Lipinski definition) is 2. The highest BCUT2D eigenvalue weighted by Gasteiger charge is 2.04. The number of urea groups is 1. The molecule has 106 valence electrons. The maximum absolute atomic E-state index is 11.3. The lowest BCUT2D eigenvalue weighted by Gasteiger charge is -2.07. The van der Waals surface area contributed by atoms with Crippen molar-refractivity contribution >= 4 is 27.5 Å². The second-order valence-corrected chi connectivity index (χ2v) is 6.89. The first kappa shape index (κ1) is 15.8. The Morgan fingerprint density at radius 2 is 1.95 bits per heavy atom. The number of rotatable bonds is 6. The number of benzene rings is 1. The van der Waals surface area contributed by atoms with Gasteiger partial charge >= 0.3 is 6.03 Å². The molecule has 0 aliphatic rings. The number of nitrogens with one attached hydrogen (secondary N) is 2. The molecule has 0 fully saturated rings. The highest BCUT2D eigenvalue weighted by atomic mass is 35.5. The first-order chi connectivity index (χ1) is 8.87. The molecule has 1 rings (SSSR count). The molecule has 0 saturated carbocycles. The highest BCUT2D eigenvalue weighted by Crippen LogP contribution is 2.10. The van der Waals surface area contributed by atoms with Gasteiger partial charge in [0, 0.05) is 24.4 Å². The number of carbonyl (C=O) groups is 1. The van der Waals surface area contributed by atoms with Crippen molar-refractivity contribution in [3.05, 3.63) is 34.9 Å². The average molecular weight is 305 g/mol. The van der Waals surface area contributed by atoms with Crippen LogP contribution in [0.15, 0.2) is 24.3 Å². The van der Waals surface area contributed by atoms with Crippen LogP contribution >= 0.6 is 11.6 Å². The molecule has 0 unspecified atom stereocenters. The molecule has 0 heterocycles. The molecule has 0 aliphatic heterocycles. The van der Waals surface area contributed by atoms with Crippen LogP contribution < -0.4 is 10.6 Å². The van der Waals surface area contributed by atoms with Crippen LogP contribution in [0.5, 0.6) is 0 Å². The summed E-state index contributed by atoms with van der Waals surface area (Å²) >= 11 is 5.84. The van der Waals surface area contributed by atoms with Crippen LogP contribution in [0.1, 0.15) is 5.56 Å². The summed E-state index contributed by atoms with van der Waals surface area (Å²) in [6.07, 6.45) is 1.80. The number of amides is 2. The molecule has 0 saturated heterocycles. The van der Waals surface area contributed by atoms with Crippen LogP contribution in [0.3, 0.4) is 0 Å². The number of hydrogen-bond acceptors (Lipinski definition) is 3. The van der Waals surface area contributed by atoms with Gasteiger partial charge in [0.2, 0.25) is 0 Å². The summed E-state index contributed by atoms with van der Waals surface area (Å²) in [5.74, 6) is -0.0608. The molecule has 0 atom stereocenters. The summed E-state index contributed by atoms with van der Waals surface area (Å²) in [5.41, 5.74) is 1.03. The smallest absolute Gasteiger partial charge is 0.314 e. The van der Waals surface area contributed by atoms with Gasteiger partial charge in [-0.3, -0.25) is 0 Å². The van der Waals surface area contributed by atoms with Crippen molar-refractivity contribution in [2.45, 2.75) is 6.42 Å². The SMILES string of the molecule is CS(=O)(=O)CCNC(=O)NCCc1cccc(Cl)c1. The number of sulfone groups is 1. The molecule has 0 spiro atoms. The van der Waals surface area contributed by atoms with E-state index >= 15 is 0 Å². The fourth-order valence-corrected chi connectivity index (χ4v) is 2.11. The van der Waals surface area contributed by atoms with E-state index in [0.717, 1.165) is 11.8 Å². The van der Waals surface area contributed by atoms with E-state index < -0.39 is 9.84 Å². The highest BCUT2D eigenvalue weighted by molar-refractivity contribution is 7.90. The van der Waals surface area contributed by atoms with E-state index in [1.54, 1.807) is 6.07 Å². The fraction of sp³-hybridized carbons (Fsp3) is 0.417. The quantitative estimate of drug-likeness (QED) is 0.830. The van der Waals surface area contributed by atoms with Gasteiger partial charge in [0.05, 0.1) is 5.75 Å². The maximum atomic E-state index is 11.3. The molecule has 2 amide bonds. The topological polar surface area (TPSA) is 75.3 Å². The Hall–Kier alpha value is -1.27. The van der Waals surface area contributed by atoms with Crippen LogP contribution in [-0.4, -0.2) is 39.5 Å². The Labute approximate surface area is 118 Å². The van der Waals surface area contributed by atoms with E-state index in [-0.39, 0.29) is 18.3 Å². The summed E-state index contributed by atoms with van der Waals surface area (Å²) in [5, 5.41) is 5.79. The summed E-state index contributed by atoms with van der Waals surface area (Å²) in [6, 6.07) is 7.03. The zero-order valence-electron chi connectivity index (χ0n) is 10.6. The van der Waals surface area contributed by atoms with E-state index in [4.69, 9.17) is 11.6 Å². The predicted molar refractivity (Wildman–Crippen MR) is 76.3 cm³/mol. The molecule has 7 heteroatoms. The van der Waals surface area contributed by atoms with Crippen molar-refractivity contribution < 1.29 is 13.2 Å². The Bertz CT molecular complexity index is 532. The number of carbonyl (C=O) groups excluding carboxylic acids is 1. The van der Waals surface area contributed by atoms with Gasteiger partial charge in [-0.2, -0.15) is 0 Å². The standard InChI is InChI=1S/C12H17ClN2O3S/c1-19(17,18)8-7-15-12(16)14-6-5-10-3-2-4-11(13)9-10/h2-4,9H,5-8H2,1H3,(H2,14,15,16). The zero-order chi connectivity index (χ0) is 14.3. The molecular formula is C12H17ClN2O3S. The normalized spacial score (nSPS) is 11.1. The molecular weight excluding hydrogens is 288 g/mol. The molecule has 0 aromatic heterocycles. The molecule has 5 nitrogen and oxygen atoms in total. The van der Waals surface area contributed by atoms with Gasteiger partial charge in [-0.1, -0.05) is 23.7 Å². The Balaban J connectivity index is 2.20. The van der Waals surface area contributed by atoms with E-state index in [2.05, 4.69) is 10.6 Å². The largest absolute Gasteiger partial charge is 0.338 e. The first-order valence-electron chi connectivity index (χ1n) is 5.81. The Kier molecular flexibility index (Phi) is 6.11. The van der Waals surface area contributed by atoms with Crippen LogP contribution in [0.2, 0.25) is 5.02 Å². The van der Waals surface area contributed by atoms with E-state index in [1.807, 2.05) is 18.2 Å². The first-order valence-corrected chi connectivity index (χ1v) is 8.24. The third-order valence-electron chi connectivity index (χ3n) is 2.35. The van der Waals surface area contributed by atoms with E-state index in [9.17, 15) is 13.2 Å². The third kappa shape index (κ3) is 7.69. The predicted octanol–water partition coefficient (Wildman–Crippen LogP) is 1.23. The van der Waals surface area contributed by atoms with Crippen LogP contribution in [0, 0.1) is 0 Å². The number of halogens is 1. The summed E-state index contributed by atoms with van der Waals surface area (Å²) < 4.78 is 21.7. The van der Waals surface area contributed by atoms with Gasteiger partial charge in [0.1, 0.15) is 9.84 Å². The van der Waals surface area contributed by atoms with Gasteiger partial charge < -0.3 is 10.6 Å². The lowest BCUT2D eigenvalue weighted by molar-refractivity contribution is 0.241. The molecule has 1 aromatic rings. The molecule has 2 N–H and O–H groups in total. The maximum Gasteiger partial charge on any atom is 0.314 e. The molecule has 19 heavy (non-hydrogen) atoms. The fourth-order valence-electron chi connectivity index (χ4n) is 1.43.